The largest absolute Gasteiger partial charge is 0.376 e. The number of hydrogen-bond donors (Lipinski definition) is 1. The summed E-state index contributed by atoms with van der Waals surface area (Å²) in [5.74, 6) is -0.0672. The fourth-order valence-electron chi connectivity index (χ4n) is 1.52. The van der Waals surface area contributed by atoms with Crippen molar-refractivity contribution >= 4 is 22.4 Å². The fourth-order valence-corrected chi connectivity index (χ4v) is 2.20. The fraction of sp³-hybridized carbons (Fsp3) is 0.286. The summed E-state index contributed by atoms with van der Waals surface area (Å²) >= 11 is 1.47. The first-order valence-corrected chi connectivity index (χ1v) is 6.89. The zero-order valence-electron chi connectivity index (χ0n) is 10.8. The van der Waals surface area contributed by atoms with Gasteiger partial charge in [-0.2, -0.15) is 0 Å². The Morgan fingerprint density at radius 2 is 2.16 bits per heavy atom. The topological polar surface area (TPSA) is 51.2 Å². The number of anilines is 1. The molecule has 0 spiro atoms. The van der Waals surface area contributed by atoms with Crippen molar-refractivity contribution in [3.05, 3.63) is 47.0 Å². The lowest BCUT2D eigenvalue weighted by Crippen LogP contribution is -2.13. The van der Waals surface area contributed by atoms with E-state index in [1.807, 2.05) is 37.3 Å². The number of hydrogen-bond acceptors (Lipinski definition) is 4. The van der Waals surface area contributed by atoms with Crippen LogP contribution in [-0.4, -0.2) is 17.5 Å². The van der Waals surface area contributed by atoms with Gasteiger partial charge >= 0.3 is 0 Å². The van der Waals surface area contributed by atoms with Crippen molar-refractivity contribution in [2.24, 2.45) is 0 Å². The van der Waals surface area contributed by atoms with Gasteiger partial charge in [-0.3, -0.25) is 4.79 Å². The number of benzene rings is 1. The molecule has 5 heteroatoms. The Bertz CT molecular complexity index is 525. The number of carbonyl (C=O) groups is 1. The van der Waals surface area contributed by atoms with E-state index in [4.69, 9.17) is 4.74 Å². The van der Waals surface area contributed by atoms with Gasteiger partial charge in [-0.1, -0.05) is 30.3 Å². The minimum atomic E-state index is -0.0672. The molecular weight excluding hydrogens is 260 g/mol. The van der Waals surface area contributed by atoms with Gasteiger partial charge in [-0.05, 0) is 12.5 Å². The molecule has 1 N–H and O–H groups in total. The van der Waals surface area contributed by atoms with E-state index >= 15 is 0 Å². The Labute approximate surface area is 116 Å². The lowest BCUT2D eigenvalue weighted by molar-refractivity contribution is -0.117. The second kappa shape index (κ2) is 7.01. The van der Waals surface area contributed by atoms with E-state index in [-0.39, 0.29) is 5.91 Å². The van der Waals surface area contributed by atoms with E-state index < -0.39 is 0 Å². The van der Waals surface area contributed by atoms with Gasteiger partial charge < -0.3 is 10.1 Å². The van der Waals surface area contributed by atoms with Crippen LogP contribution in [0.15, 0.2) is 36.5 Å². The van der Waals surface area contributed by atoms with Crippen LogP contribution in [0.25, 0.3) is 0 Å². The summed E-state index contributed by atoms with van der Waals surface area (Å²) < 4.78 is 5.46. The third-order valence-electron chi connectivity index (χ3n) is 2.45. The third-order valence-corrected chi connectivity index (χ3v) is 3.28. The standard InChI is InChI=1S/C14H16N2O2S/c1-11-9-15-14(19-11)16-13(17)7-8-18-10-12-5-3-2-4-6-12/h2-6,9H,7-8,10H2,1H3,(H,15,16,17). The normalized spacial score (nSPS) is 10.4. The minimum absolute atomic E-state index is 0.0672. The molecule has 1 aromatic carbocycles. The maximum absolute atomic E-state index is 11.6. The Morgan fingerprint density at radius 1 is 1.37 bits per heavy atom. The molecule has 0 atom stereocenters. The number of aromatic nitrogens is 1. The van der Waals surface area contributed by atoms with E-state index in [2.05, 4.69) is 10.3 Å². The molecule has 0 fully saturated rings. The van der Waals surface area contributed by atoms with Crippen LogP contribution in [0, 0.1) is 6.92 Å². The Balaban J connectivity index is 1.64. The van der Waals surface area contributed by atoms with Crippen LogP contribution >= 0.6 is 11.3 Å². The van der Waals surface area contributed by atoms with E-state index in [0.29, 0.717) is 24.8 Å². The summed E-state index contributed by atoms with van der Waals surface area (Å²) in [6.45, 7) is 2.89. The highest BCUT2D eigenvalue weighted by atomic mass is 32.1. The maximum Gasteiger partial charge on any atom is 0.228 e. The van der Waals surface area contributed by atoms with Gasteiger partial charge in [0.1, 0.15) is 0 Å². The van der Waals surface area contributed by atoms with Crippen LogP contribution in [0.1, 0.15) is 16.9 Å². The second-order valence-corrected chi connectivity index (χ2v) is 5.35. The van der Waals surface area contributed by atoms with Crippen LogP contribution in [0.3, 0.4) is 0 Å². The van der Waals surface area contributed by atoms with E-state index in [0.717, 1.165) is 10.4 Å². The van der Waals surface area contributed by atoms with Gasteiger partial charge in [-0.15, -0.1) is 11.3 Å². The summed E-state index contributed by atoms with van der Waals surface area (Å²) in [6, 6.07) is 9.90. The molecule has 1 heterocycles. The molecule has 0 aliphatic rings. The predicted octanol–water partition coefficient (Wildman–Crippen LogP) is 3.00. The molecule has 100 valence electrons. The van der Waals surface area contributed by atoms with Crippen molar-refractivity contribution in [2.45, 2.75) is 20.0 Å². The molecular formula is C14H16N2O2S. The number of rotatable bonds is 6. The van der Waals surface area contributed by atoms with E-state index in [1.54, 1.807) is 6.20 Å². The molecule has 0 saturated heterocycles. The van der Waals surface area contributed by atoms with Gasteiger partial charge in [0, 0.05) is 11.1 Å². The second-order valence-electron chi connectivity index (χ2n) is 4.11. The first-order valence-electron chi connectivity index (χ1n) is 6.08. The summed E-state index contributed by atoms with van der Waals surface area (Å²) in [5.41, 5.74) is 1.11. The Kier molecular flexibility index (Phi) is 5.06. The third kappa shape index (κ3) is 4.81. The molecule has 0 radical (unpaired) electrons. The SMILES string of the molecule is Cc1cnc(NC(=O)CCOCc2ccccc2)s1. The molecule has 1 aromatic heterocycles. The number of ether oxygens (including phenoxy) is 1. The van der Waals surface area contributed by atoms with Gasteiger partial charge in [0.2, 0.25) is 5.91 Å². The molecule has 1 amide bonds. The maximum atomic E-state index is 11.6. The molecule has 19 heavy (non-hydrogen) atoms. The molecule has 4 nitrogen and oxygen atoms in total. The summed E-state index contributed by atoms with van der Waals surface area (Å²) in [7, 11) is 0. The van der Waals surface area contributed by atoms with Gasteiger partial charge in [-0.25, -0.2) is 4.98 Å². The zero-order chi connectivity index (χ0) is 13.5. The monoisotopic (exact) mass is 276 g/mol. The molecule has 0 bridgehead atoms. The summed E-state index contributed by atoms with van der Waals surface area (Å²) in [5, 5.41) is 3.39. The lowest BCUT2D eigenvalue weighted by Gasteiger charge is -2.04. The lowest BCUT2D eigenvalue weighted by atomic mass is 10.2. The summed E-state index contributed by atoms with van der Waals surface area (Å²) in [4.78, 5) is 16.8. The molecule has 0 unspecified atom stereocenters. The highest BCUT2D eigenvalue weighted by molar-refractivity contribution is 7.15. The average Bonchev–Trinajstić information content (AvgIpc) is 2.81. The van der Waals surface area contributed by atoms with E-state index in [1.165, 1.54) is 11.3 Å². The van der Waals surface area contributed by atoms with Crippen molar-refractivity contribution in [1.29, 1.82) is 0 Å². The van der Waals surface area contributed by atoms with Crippen molar-refractivity contribution in [3.8, 4) is 0 Å². The summed E-state index contributed by atoms with van der Waals surface area (Å²) in [6.07, 6.45) is 2.08. The van der Waals surface area contributed by atoms with Crippen LogP contribution in [0.4, 0.5) is 5.13 Å². The number of amides is 1. The van der Waals surface area contributed by atoms with Crippen LogP contribution < -0.4 is 5.32 Å². The van der Waals surface area contributed by atoms with Crippen molar-refractivity contribution < 1.29 is 9.53 Å². The minimum Gasteiger partial charge on any atom is -0.376 e. The first kappa shape index (κ1) is 13.7. The van der Waals surface area contributed by atoms with Crippen LogP contribution in [0.5, 0.6) is 0 Å². The highest BCUT2D eigenvalue weighted by Gasteiger charge is 2.05. The number of thiazole rings is 1. The predicted molar refractivity (Wildman–Crippen MR) is 76.2 cm³/mol. The highest BCUT2D eigenvalue weighted by Crippen LogP contribution is 2.16. The number of nitrogens with one attached hydrogen (secondary N) is 1. The molecule has 2 aromatic rings. The number of carbonyl (C=O) groups excluding carboxylic acids is 1. The van der Waals surface area contributed by atoms with E-state index in [9.17, 15) is 4.79 Å². The van der Waals surface area contributed by atoms with Crippen molar-refractivity contribution in [3.63, 3.8) is 0 Å². The van der Waals surface area contributed by atoms with Crippen LogP contribution in [-0.2, 0) is 16.1 Å². The molecule has 0 aliphatic carbocycles. The van der Waals surface area contributed by atoms with Crippen molar-refractivity contribution in [1.82, 2.24) is 4.98 Å². The molecule has 2 rings (SSSR count). The smallest absolute Gasteiger partial charge is 0.228 e. The molecule has 0 saturated carbocycles. The number of aryl methyl sites for hydroxylation is 1. The number of nitrogens with zero attached hydrogens (tertiary/aromatic N) is 1. The van der Waals surface area contributed by atoms with Crippen LogP contribution in [0.2, 0.25) is 0 Å². The van der Waals surface area contributed by atoms with Gasteiger partial charge in [0.25, 0.3) is 0 Å². The van der Waals surface area contributed by atoms with Gasteiger partial charge in [0.05, 0.1) is 19.6 Å². The Morgan fingerprint density at radius 3 is 2.84 bits per heavy atom. The zero-order valence-corrected chi connectivity index (χ0v) is 11.6. The quantitative estimate of drug-likeness (QED) is 0.825. The van der Waals surface area contributed by atoms with Gasteiger partial charge in [0.15, 0.2) is 5.13 Å². The molecule has 0 aliphatic heterocycles. The first-order chi connectivity index (χ1) is 9.24. The Hall–Kier alpha value is -1.72. The average molecular weight is 276 g/mol. The van der Waals surface area contributed by atoms with Crippen molar-refractivity contribution in [2.75, 3.05) is 11.9 Å².